The molecule has 0 amide bonds. The fourth-order valence-corrected chi connectivity index (χ4v) is 2.73. The van der Waals surface area contributed by atoms with Crippen LogP contribution in [0, 0.1) is 0 Å². The van der Waals surface area contributed by atoms with Crippen LogP contribution in [0.3, 0.4) is 0 Å². The first kappa shape index (κ1) is 17.7. The number of carbonyl (C=O) groups is 1. The highest BCUT2D eigenvalue weighted by Crippen LogP contribution is 2.23. The molecule has 1 N–H and O–H groups in total. The van der Waals surface area contributed by atoms with Gasteiger partial charge in [0.2, 0.25) is 0 Å². The number of benzene rings is 2. The minimum atomic E-state index is -0.0198. The summed E-state index contributed by atoms with van der Waals surface area (Å²) in [5.74, 6) is 0.744. The molecule has 2 aromatic rings. The first-order chi connectivity index (χ1) is 11.2. The van der Waals surface area contributed by atoms with Crippen LogP contribution < -0.4 is 4.74 Å². The fourth-order valence-electron chi connectivity index (χ4n) is 2.36. The number of unbranched alkanes of at least 4 members (excludes halogenated alkanes) is 2. The van der Waals surface area contributed by atoms with Crippen LogP contribution in [0.1, 0.15) is 36.0 Å². The summed E-state index contributed by atoms with van der Waals surface area (Å²) < 4.78 is 6.69. The number of aryl methyl sites for hydroxylation is 1. The maximum Gasteiger partial charge on any atom is 0.120 e. The molecule has 23 heavy (non-hydrogen) atoms. The molecule has 0 spiro atoms. The number of rotatable bonds is 9. The zero-order valence-corrected chi connectivity index (χ0v) is 14.6. The number of hydrogen-bond acceptors (Lipinski definition) is 3. The van der Waals surface area contributed by atoms with E-state index in [9.17, 15) is 9.90 Å². The molecule has 2 aromatic carbocycles. The van der Waals surface area contributed by atoms with E-state index in [0.717, 1.165) is 46.9 Å². The van der Waals surface area contributed by atoms with Gasteiger partial charge in [0.05, 0.1) is 6.61 Å². The predicted octanol–water partition coefficient (Wildman–Crippen LogP) is 4.43. The first-order valence-corrected chi connectivity index (χ1v) is 8.56. The monoisotopic (exact) mass is 376 g/mol. The molecule has 0 unspecified atom stereocenters. The number of aldehydes is 1. The van der Waals surface area contributed by atoms with Gasteiger partial charge < -0.3 is 14.6 Å². The van der Waals surface area contributed by atoms with Crippen molar-refractivity contribution in [1.29, 1.82) is 0 Å². The van der Waals surface area contributed by atoms with Crippen molar-refractivity contribution in [2.45, 2.75) is 38.9 Å². The Bertz CT molecular complexity index is 640. The maximum absolute atomic E-state index is 10.3. The molecular weight excluding hydrogens is 356 g/mol. The molecule has 0 fully saturated rings. The van der Waals surface area contributed by atoms with Gasteiger partial charge in [0.15, 0.2) is 0 Å². The highest BCUT2D eigenvalue weighted by atomic mass is 79.9. The first-order valence-electron chi connectivity index (χ1n) is 7.76. The van der Waals surface area contributed by atoms with Gasteiger partial charge in [-0.25, -0.2) is 0 Å². The molecule has 0 aliphatic heterocycles. The van der Waals surface area contributed by atoms with Gasteiger partial charge >= 0.3 is 0 Å². The van der Waals surface area contributed by atoms with E-state index < -0.39 is 0 Å². The zero-order valence-electron chi connectivity index (χ0n) is 13.0. The van der Waals surface area contributed by atoms with Crippen molar-refractivity contribution < 1.29 is 14.6 Å². The van der Waals surface area contributed by atoms with Gasteiger partial charge in [0.1, 0.15) is 18.6 Å². The summed E-state index contributed by atoms with van der Waals surface area (Å²) in [5.41, 5.74) is 3.20. The van der Waals surface area contributed by atoms with Gasteiger partial charge in [-0.3, -0.25) is 0 Å². The van der Waals surface area contributed by atoms with E-state index in [0.29, 0.717) is 13.0 Å². The van der Waals surface area contributed by atoms with Crippen LogP contribution in [-0.2, 0) is 24.4 Å². The maximum atomic E-state index is 10.3. The Labute approximate surface area is 145 Å². The van der Waals surface area contributed by atoms with Crippen LogP contribution in [-0.4, -0.2) is 11.4 Å². The van der Waals surface area contributed by atoms with E-state index in [1.54, 1.807) is 0 Å². The molecule has 0 radical (unpaired) electrons. The van der Waals surface area contributed by atoms with Crippen LogP contribution >= 0.6 is 15.9 Å². The quantitative estimate of drug-likeness (QED) is 0.519. The number of ether oxygens (including phenoxy) is 1. The van der Waals surface area contributed by atoms with E-state index in [2.05, 4.69) is 28.1 Å². The van der Waals surface area contributed by atoms with Gasteiger partial charge in [-0.1, -0.05) is 40.2 Å². The SMILES string of the molecule is O=CCCCCc1cccc(COc2ccc(Br)c(CO)c2)c1. The Morgan fingerprint density at radius 1 is 1.09 bits per heavy atom. The molecule has 0 bridgehead atoms. The molecule has 0 heterocycles. The normalized spacial score (nSPS) is 10.5. The summed E-state index contributed by atoms with van der Waals surface area (Å²) in [7, 11) is 0. The second-order valence-corrected chi connectivity index (χ2v) is 6.29. The second-order valence-electron chi connectivity index (χ2n) is 5.43. The second kappa shape index (κ2) is 9.48. The van der Waals surface area contributed by atoms with Crippen molar-refractivity contribution in [2.24, 2.45) is 0 Å². The van der Waals surface area contributed by atoms with Gasteiger partial charge in [-0.2, -0.15) is 0 Å². The van der Waals surface area contributed by atoms with Gasteiger partial charge in [-0.05, 0) is 54.2 Å². The highest BCUT2D eigenvalue weighted by Gasteiger charge is 2.03. The smallest absolute Gasteiger partial charge is 0.120 e. The van der Waals surface area contributed by atoms with E-state index in [1.807, 2.05) is 30.3 Å². The van der Waals surface area contributed by atoms with E-state index in [-0.39, 0.29) is 6.61 Å². The molecule has 2 rings (SSSR count). The highest BCUT2D eigenvalue weighted by molar-refractivity contribution is 9.10. The Hall–Kier alpha value is -1.65. The number of carbonyl (C=O) groups excluding carboxylic acids is 1. The third kappa shape index (κ3) is 5.81. The summed E-state index contributed by atoms with van der Waals surface area (Å²) in [5, 5.41) is 9.28. The number of aliphatic hydroxyl groups excluding tert-OH is 1. The average molecular weight is 377 g/mol. The number of hydrogen-bond donors (Lipinski definition) is 1. The lowest BCUT2D eigenvalue weighted by Gasteiger charge is -2.10. The number of aliphatic hydroxyl groups is 1. The molecule has 0 saturated carbocycles. The van der Waals surface area contributed by atoms with Crippen molar-refractivity contribution in [3.05, 3.63) is 63.6 Å². The molecule has 4 heteroatoms. The van der Waals surface area contributed by atoms with Gasteiger partial charge in [0.25, 0.3) is 0 Å². The van der Waals surface area contributed by atoms with Crippen LogP contribution in [0.4, 0.5) is 0 Å². The molecule has 0 aromatic heterocycles. The Balaban J connectivity index is 1.91. The van der Waals surface area contributed by atoms with E-state index in [4.69, 9.17) is 4.74 Å². The van der Waals surface area contributed by atoms with Crippen LogP contribution in [0.2, 0.25) is 0 Å². The van der Waals surface area contributed by atoms with Crippen LogP contribution in [0.5, 0.6) is 5.75 Å². The molecule has 0 aliphatic rings. The standard InChI is InChI=1S/C19H21BrO3/c20-19-9-8-18(12-17(19)13-22)23-14-16-7-4-6-15(11-16)5-2-1-3-10-21/h4,6-12,22H,1-3,5,13-14H2. The minimum Gasteiger partial charge on any atom is -0.489 e. The van der Waals surface area contributed by atoms with Crippen molar-refractivity contribution in [3.8, 4) is 5.75 Å². The molecule has 3 nitrogen and oxygen atoms in total. The summed E-state index contributed by atoms with van der Waals surface area (Å²) in [6, 6.07) is 13.9. The summed E-state index contributed by atoms with van der Waals surface area (Å²) >= 11 is 3.39. The topological polar surface area (TPSA) is 46.5 Å². The van der Waals surface area contributed by atoms with Gasteiger partial charge in [-0.15, -0.1) is 0 Å². The molecule has 0 atom stereocenters. The average Bonchev–Trinajstić information content (AvgIpc) is 2.58. The van der Waals surface area contributed by atoms with Gasteiger partial charge in [0, 0.05) is 10.9 Å². The van der Waals surface area contributed by atoms with Crippen molar-refractivity contribution in [3.63, 3.8) is 0 Å². The van der Waals surface area contributed by atoms with E-state index in [1.165, 1.54) is 5.56 Å². The van der Waals surface area contributed by atoms with Crippen molar-refractivity contribution >= 4 is 22.2 Å². The van der Waals surface area contributed by atoms with Crippen molar-refractivity contribution in [2.75, 3.05) is 0 Å². The summed E-state index contributed by atoms with van der Waals surface area (Å²) in [4.78, 5) is 10.3. The summed E-state index contributed by atoms with van der Waals surface area (Å²) in [6.45, 7) is 0.475. The number of halogens is 1. The van der Waals surface area contributed by atoms with E-state index >= 15 is 0 Å². The lowest BCUT2D eigenvalue weighted by Crippen LogP contribution is -1.98. The third-order valence-corrected chi connectivity index (χ3v) is 4.40. The molecule has 0 aliphatic carbocycles. The van der Waals surface area contributed by atoms with Crippen molar-refractivity contribution in [1.82, 2.24) is 0 Å². The zero-order chi connectivity index (χ0) is 16.5. The lowest BCUT2D eigenvalue weighted by molar-refractivity contribution is -0.107. The Kier molecular flexibility index (Phi) is 7.30. The fraction of sp³-hybridized carbons (Fsp3) is 0.316. The molecular formula is C19H21BrO3. The Morgan fingerprint density at radius 2 is 1.91 bits per heavy atom. The largest absolute Gasteiger partial charge is 0.489 e. The Morgan fingerprint density at radius 3 is 2.70 bits per heavy atom. The minimum absolute atomic E-state index is 0.0198. The summed E-state index contributed by atoms with van der Waals surface area (Å²) in [6.07, 6.45) is 4.56. The predicted molar refractivity (Wildman–Crippen MR) is 94.5 cm³/mol. The lowest BCUT2D eigenvalue weighted by atomic mass is 10.0. The third-order valence-electron chi connectivity index (χ3n) is 3.62. The van der Waals surface area contributed by atoms with Crippen LogP contribution in [0.15, 0.2) is 46.9 Å². The van der Waals surface area contributed by atoms with Crippen LogP contribution in [0.25, 0.3) is 0 Å². The molecule has 122 valence electrons. The molecule has 0 saturated heterocycles.